The van der Waals surface area contributed by atoms with Gasteiger partial charge in [-0.1, -0.05) is 18.3 Å². The van der Waals surface area contributed by atoms with E-state index in [1.54, 1.807) is 11.3 Å². The molecule has 1 atom stereocenters. The normalized spacial score (nSPS) is 13.4. The summed E-state index contributed by atoms with van der Waals surface area (Å²) in [6.07, 6.45) is 3.98. The van der Waals surface area contributed by atoms with Crippen molar-refractivity contribution in [2.75, 3.05) is 0 Å². The van der Waals surface area contributed by atoms with Crippen LogP contribution in [0.2, 0.25) is 0 Å². The number of hydrogen-bond donors (Lipinski definition) is 1. The van der Waals surface area contributed by atoms with Crippen molar-refractivity contribution in [1.82, 2.24) is 19.8 Å². The zero-order chi connectivity index (χ0) is 11.5. The highest BCUT2D eigenvalue weighted by Crippen LogP contribution is 2.16. The van der Waals surface area contributed by atoms with Gasteiger partial charge in [0.1, 0.15) is 5.01 Å². The van der Waals surface area contributed by atoms with Crippen LogP contribution in [0.3, 0.4) is 0 Å². The van der Waals surface area contributed by atoms with Gasteiger partial charge in [-0.15, -0.1) is 10.2 Å². The molecule has 0 aliphatic heterocycles. The van der Waals surface area contributed by atoms with Crippen molar-refractivity contribution >= 4 is 16.3 Å². The van der Waals surface area contributed by atoms with E-state index in [1.807, 2.05) is 11.4 Å². The molecule has 0 amide bonds. The second-order valence-electron chi connectivity index (χ2n) is 4.03. The molecule has 0 bridgehead atoms. The predicted octanol–water partition coefficient (Wildman–Crippen LogP) is 1.42. The van der Waals surface area contributed by atoms with Crippen LogP contribution in [-0.2, 0) is 12.8 Å². The van der Waals surface area contributed by atoms with E-state index in [4.69, 9.17) is 5.73 Å². The molecular weight excluding hydrogens is 222 g/mol. The molecule has 2 aromatic heterocycles. The van der Waals surface area contributed by atoms with Crippen molar-refractivity contribution in [3.8, 4) is 0 Å². The van der Waals surface area contributed by atoms with Gasteiger partial charge < -0.3 is 5.73 Å². The number of aromatic nitrogens is 4. The van der Waals surface area contributed by atoms with E-state index < -0.39 is 0 Å². The largest absolute Gasteiger partial charge is 0.328 e. The first-order valence-electron chi connectivity index (χ1n) is 5.66. The topological polar surface area (TPSA) is 69.1 Å². The molecule has 0 saturated carbocycles. The summed E-state index contributed by atoms with van der Waals surface area (Å²) in [5.41, 5.74) is 5.71. The summed E-state index contributed by atoms with van der Waals surface area (Å²) in [6.45, 7) is 4.10. The Morgan fingerprint density at radius 3 is 2.94 bits per heavy atom. The number of hydrogen-bond acceptors (Lipinski definition) is 5. The van der Waals surface area contributed by atoms with Crippen LogP contribution in [0.4, 0.5) is 0 Å². The summed E-state index contributed by atoms with van der Waals surface area (Å²) in [4.78, 5) is 0.896. The molecule has 0 aliphatic carbocycles. The smallest absolute Gasteiger partial charge is 0.234 e. The summed E-state index contributed by atoms with van der Waals surface area (Å²) in [6, 6.07) is 0.275. The highest BCUT2D eigenvalue weighted by Gasteiger charge is 2.09. The second-order valence-corrected chi connectivity index (χ2v) is 5.07. The molecule has 1 unspecified atom stereocenters. The van der Waals surface area contributed by atoms with Crippen LogP contribution in [0, 0.1) is 0 Å². The first-order valence-corrected chi connectivity index (χ1v) is 6.48. The minimum Gasteiger partial charge on any atom is -0.328 e. The standard InChI is InChI=1S/C10H17N5S/c1-3-8-12-13-10-15(8)14-9(16-10)6-4-5-7(2)11/h7H,3-6,11H2,1-2H3. The molecule has 0 spiro atoms. The predicted molar refractivity (Wildman–Crippen MR) is 64.6 cm³/mol. The Bertz CT molecular complexity index is 459. The maximum Gasteiger partial charge on any atom is 0.234 e. The number of aryl methyl sites for hydroxylation is 2. The van der Waals surface area contributed by atoms with Crippen molar-refractivity contribution in [1.29, 1.82) is 0 Å². The Hall–Kier alpha value is -1.01. The summed E-state index contributed by atoms with van der Waals surface area (Å²) in [5, 5.41) is 13.8. The van der Waals surface area contributed by atoms with Gasteiger partial charge in [0, 0.05) is 18.9 Å². The first-order chi connectivity index (χ1) is 7.70. The van der Waals surface area contributed by atoms with Gasteiger partial charge >= 0.3 is 0 Å². The lowest BCUT2D eigenvalue weighted by atomic mass is 10.1. The molecule has 0 aromatic carbocycles. The summed E-state index contributed by atoms with van der Waals surface area (Å²) < 4.78 is 1.85. The fourth-order valence-electron chi connectivity index (χ4n) is 1.59. The van der Waals surface area contributed by atoms with E-state index in [2.05, 4.69) is 22.2 Å². The Labute approximate surface area is 98.7 Å². The fourth-order valence-corrected chi connectivity index (χ4v) is 2.49. The molecular formula is C10H17N5S. The van der Waals surface area contributed by atoms with Crippen LogP contribution in [-0.4, -0.2) is 25.9 Å². The van der Waals surface area contributed by atoms with Gasteiger partial charge in [-0.05, 0) is 19.8 Å². The lowest BCUT2D eigenvalue weighted by Gasteiger charge is -2.01. The third-order valence-electron chi connectivity index (χ3n) is 2.46. The lowest BCUT2D eigenvalue weighted by molar-refractivity contribution is 0.619. The van der Waals surface area contributed by atoms with Crippen molar-refractivity contribution in [3.05, 3.63) is 10.8 Å². The first kappa shape index (κ1) is 11.5. The number of nitrogens with zero attached hydrogens (tertiary/aromatic N) is 4. The summed E-state index contributed by atoms with van der Waals surface area (Å²) >= 11 is 1.62. The number of fused-ring (bicyclic) bond motifs is 1. The van der Waals surface area contributed by atoms with Gasteiger partial charge in [0.2, 0.25) is 4.96 Å². The zero-order valence-corrected chi connectivity index (χ0v) is 10.5. The van der Waals surface area contributed by atoms with E-state index in [-0.39, 0.29) is 6.04 Å². The van der Waals surface area contributed by atoms with Crippen LogP contribution < -0.4 is 5.73 Å². The Balaban J connectivity index is 2.05. The summed E-state index contributed by atoms with van der Waals surface area (Å²) in [5.74, 6) is 0.935. The van der Waals surface area contributed by atoms with E-state index in [1.165, 1.54) is 0 Å². The average molecular weight is 239 g/mol. The van der Waals surface area contributed by atoms with Gasteiger partial charge in [-0.25, -0.2) is 0 Å². The van der Waals surface area contributed by atoms with Crippen molar-refractivity contribution in [2.24, 2.45) is 5.73 Å². The van der Waals surface area contributed by atoms with Gasteiger partial charge in [-0.2, -0.15) is 9.61 Å². The Kier molecular flexibility index (Phi) is 3.50. The molecule has 88 valence electrons. The molecule has 0 fully saturated rings. The molecule has 16 heavy (non-hydrogen) atoms. The minimum atomic E-state index is 0.275. The maximum atomic E-state index is 5.71. The Morgan fingerprint density at radius 1 is 1.44 bits per heavy atom. The van der Waals surface area contributed by atoms with Crippen LogP contribution >= 0.6 is 11.3 Å². The lowest BCUT2D eigenvalue weighted by Crippen LogP contribution is -2.14. The minimum absolute atomic E-state index is 0.275. The molecule has 2 rings (SSSR count). The quantitative estimate of drug-likeness (QED) is 0.856. The van der Waals surface area contributed by atoms with E-state index in [0.29, 0.717) is 0 Å². The van der Waals surface area contributed by atoms with E-state index in [9.17, 15) is 0 Å². The van der Waals surface area contributed by atoms with Crippen LogP contribution in [0.5, 0.6) is 0 Å². The van der Waals surface area contributed by atoms with Crippen LogP contribution in [0.15, 0.2) is 0 Å². The third-order valence-corrected chi connectivity index (χ3v) is 3.42. The molecule has 5 nitrogen and oxygen atoms in total. The molecule has 0 aliphatic rings. The number of rotatable bonds is 5. The summed E-state index contributed by atoms with van der Waals surface area (Å²) in [7, 11) is 0. The van der Waals surface area contributed by atoms with E-state index in [0.717, 1.165) is 41.5 Å². The number of nitrogens with two attached hydrogens (primary N) is 1. The fraction of sp³-hybridized carbons (Fsp3) is 0.700. The van der Waals surface area contributed by atoms with Gasteiger partial charge in [0.05, 0.1) is 0 Å². The molecule has 2 aromatic rings. The highest BCUT2D eigenvalue weighted by molar-refractivity contribution is 7.16. The highest BCUT2D eigenvalue weighted by atomic mass is 32.1. The Morgan fingerprint density at radius 2 is 2.25 bits per heavy atom. The molecule has 0 radical (unpaired) electrons. The van der Waals surface area contributed by atoms with Gasteiger partial charge in [0.15, 0.2) is 5.82 Å². The van der Waals surface area contributed by atoms with Crippen molar-refractivity contribution in [3.63, 3.8) is 0 Å². The third kappa shape index (κ3) is 2.38. The average Bonchev–Trinajstić information content (AvgIpc) is 2.76. The van der Waals surface area contributed by atoms with Crippen molar-refractivity contribution in [2.45, 2.75) is 45.6 Å². The van der Waals surface area contributed by atoms with Crippen molar-refractivity contribution < 1.29 is 0 Å². The van der Waals surface area contributed by atoms with Crippen LogP contribution in [0.25, 0.3) is 4.96 Å². The SMILES string of the molecule is CCc1nnc2sc(CCCC(C)N)nn12. The zero-order valence-electron chi connectivity index (χ0n) is 9.68. The molecule has 6 heteroatoms. The molecule has 2 N–H and O–H groups in total. The van der Waals surface area contributed by atoms with Gasteiger partial charge in [0.25, 0.3) is 0 Å². The van der Waals surface area contributed by atoms with E-state index >= 15 is 0 Å². The van der Waals surface area contributed by atoms with Gasteiger partial charge in [-0.3, -0.25) is 0 Å². The molecule has 2 heterocycles. The maximum absolute atomic E-state index is 5.71. The van der Waals surface area contributed by atoms with Crippen LogP contribution in [0.1, 0.15) is 37.5 Å². The molecule has 0 saturated heterocycles. The second kappa shape index (κ2) is 4.88. The monoisotopic (exact) mass is 239 g/mol.